The molecule has 0 bridgehead atoms. The van der Waals surface area contributed by atoms with Crippen molar-refractivity contribution in [3.63, 3.8) is 0 Å². The van der Waals surface area contributed by atoms with Gasteiger partial charge in [-0.25, -0.2) is 0 Å². The van der Waals surface area contributed by atoms with Crippen LogP contribution in [0.4, 0.5) is 0 Å². The molecule has 0 aromatic rings. The van der Waals surface area contributed by atoms with E-state index in [1.807, 2.05) is 104 Å². The SMILES string of the molecule is CCC(C)C([O-])CC([O-])C(C)(C)C.CCC(C)C([O-])CC([O-])C(C)(C)C.CCC(C)C([O-])CC([O-])C(C)(C)C.[Sm+3].[Sm+3]. The fourth-order valence-corrected chi connectivity index (χ4v) is 3.18. The van der Waals surface area contributed by atoms with Crippen molar-refractivity contribution < 1.29 is 111 Å². The molecule has 0 rings (SSSR count). The van der Waals surface area contributed by atoms with Gasteiger partial charge in [0.15, 0.2) is 0 Å². The molecule has 9 atom stereocenters. The van der Waals surface area contributed by atoms with Crippen LogP contribution in [0.2, 0.25) is 0 Å². The van der Waals surface area contributed by atoms with Crippen LogP contribution in [0.1, 0.15) is 142 Å². The molecule has 41 heavy (non-hydrogen) atoms. The van der Waals surface area contributed by atoms with Gasteiger partial charge in [0.25, 0.3) is 0 Å². The second-order valence-electron chi connectivity index (χ2n) is 15.0. The first-order chi connectivity index (χ1) is 17.4. The summed E-state index contributed by atoms with van der Waals surface area (Å²) in [5.41, 5.74) is -0.845. The molecule has 0 aromatic carbocycles. The third kappa shape index (κ3) is 27.3. The maximum Gasteiger partial charge on any atom is 3.00 e. The van der Waals surface area contributed by atoms with Crippen LogP contribution in [0, 0.1) is 115 Å². The van der Waals surface area contributed by atoms with Gasteiger partial charge in [-0.05, 0) is 0 Å². The molecule has 0 saturated carbocycles. The van der Waals surface area contributed by atoms with Gasteiger partial charge < -0.3 is 30.6 Å². The maximum absolute atomic E-state index is 11.6. The Balaban J connectivity index is -0.000000154. The van der Waals surface area contributed by atoms with Crippen molar-refractivity contribution in [2.45, 2.75) is 179 Å². The van der Waals surface area contributed by atoms with Gasteiger partial charge in [-0.1, -0.05) is 176 Å². The van der Waals surface area contributed by atoms with Crippen molar-refractivity contribution in [1.29, 1.82) is 0 Å². The van der Waals surface area contributed by atoms with E-state index in [0.29, 0.717) is 0 Å². The normalized spacial score (nSPS) is 18.7. The number of hydrogen-bond donors (Lipinski definition) is 0. The van der Waals surface area contributed by atoms with E-state index in [-0.39, 0.29) is 134 Å². The van der Waals surface area contributed by atoms with Gasteiger partial charge in [0.2, 0.25) is 0 Å². The van der Waals surface area contributed by atoms with E-state index in [2.05, 4.69) is 0 Å². The summed E-state index contributed by atoms with van der Waals surface area (Å²) in [6, 6.07) is 0. The van der Waals surface area contributed by atoms with Crippen molar-refractivity contribution in [1.82, 2.24) is 0 Å². The summed E-state index contributed by atoms with van der Waals surface area (Å²) >= 11 is 0. The average Bonchev–Trinajstić information content (AvgIpc) is 2.80. The summed E-state index contributed by atoms with van der Waals surface area (Å²) in [5.74, 6) is 0.372. The third-order valence-electron chi connectivity index (χ3n) is 8.07. The molecular formula is C33H66O6Sm2. The molecule has 0 N–H and O–H groups in total. The molecule has 2 radical (unpaired) electrons. The van der Waals surface area contributed by atoms with Crippen molar-refractivity contribution in [3.8, 4) is 0 Å². The van der Waals surface area contributed by atoms with Crippen LogP contribution in [-0.4, -0.2) is 36.6 Å². The minimum Gasteiger partial charge on any atom is -0.852 e. The third-order valence-corrected chi connectivity index (χ3v) is 8.07. The smallest absolute Gasteiger partial charge is 0.852 e. The topological polar surface area (TPSA) is 138 Å². The summed E-state index contributed by atoms with van der Waals surface area (Å²) in [6.07, 6.45) is -0.876. The molecule has 0 saturated heterocycles. The molecular weight excluding hydrogens is 793 g/mol. The van der Waals surface area contributed by atoms with Crippen molar-refractivity contribution in [2.75, 3.05) is 0 Å². The van der Waals surface area contributed by atoms with Crippen LogP contribution >= 0.6 is 0 Å². The molecule has 246 valence electrons. The Morgan fingerprint density at radius 2 is 0.537 bits per heavy atom. The minimum atomic E-state index is -0.732. The van der Waals surface area contributed by atoms with Crippen LogP contribution in [0.5, 0.6) is 0 Å². The van der Waals surface area contributed by atoms with Gasteiger partial charge in [0.1, 0.15) is 0 Å². The molecule has 0 heterocycles. The van der Waals surface area contributed by atoms with E-state index in [1.165, 1.54) is 0 Å². The van der Waals surface area contributed by atoms with Crippen LogP contribution < -0.4 is 30.6 Å². The summed E-state index contributed by atoms with van der Waals surface area (Å²) in [7, 11) is 0. The predicted octanol–water partition coefficient (Wildman–Crippen LogP) is 2.78. The van der Waals surface area contributed by atoms with Crippen molar-refractivity contribution >= 4 is 0 Å². The van der Waals surface area contributed by atoms with Crippen LogP contribution in [0.3, 0.4) is 0 Å². The first kappa shape index (κ1) is 52.9. The Kier molecular flexibility index (Phi) is 33.0. The van der Waals surface area contributed by atoms with E-state index >= 15 is 0 Å². The van der Waals surface area contributed by atoms with E-state index in [4.69, 9.17) is 0 Å². The van der Waals surface area contributed by atoms with Crippen molar-refractivity contribution in [2.24, 2.45) is 34.0 Å². The summed E-state index contributed by atoms with van der Waals surface area (Å²) < 4.78 is 0. The second-order valence-corrected chi connectivity index (χ2v) is 15.0. The summed E-state index contributed by atoms with van der Waals surface area (Å²) in [4.78, 5) is 0. The van der Waals surface area contributed by atoms with E-state index < -0.39 is 36.6 Å². The predicted molar refractivity (Wildman–Crippen MR) is 153 cm³/mol. The number of rotatable bonds is 12. The molecule has 0 aromatic heterocycles. The zero-order chi connectivity index (χ0) is 31.9. The van der Waals surface area contributed by atoms with Gasteiger partial charge in [-0.2, -0.15) is 0 Å². The summed E-state index contributed by atoms with van der Waals surface area (Å²) in [5, 5.41) is 69.3. The van der Waals surface area contributed by atoms with Crippen LogP contribution in [0.25, 0.3) is 0 Å². The van der Waals surface area contributed by atoms with Gasteiger partial charge in [0.05, 0.1) is 0 Å². The van der Waals surface area contributed by atoms with Crippen LogP contribution in [-0.2, 0) is 0 Å². The fraction of sp³-hybridized carbons (Fsp3) is 1.00. The average molecular weight is 860 g/mol. The van der Waals surface area contributed by atoms with Crippen molar-refractivity contribution in [3.05, 3.63) is 0 Å². The molecule has 0 amide bonds. The quantitative estimate of drug-likeness (QED) is 0.296. The Morgan fingerprint density at radius 3 is 0.634 bits per heavy atom. The molecule has 0 aliphatic rings. The van der Waals surface area contributed by atoms with E-state index in [0.717, 1.165) is 19.3 Å². The largest absolute Gasteiger partial charge is 3.00 e. The molecule has 0 aliphatic heterocycles. The zero-order valence-corrected chi connectivity index (χ0v) is 34.4. The Hall–Kier alpha value is 2.44. The Labute approximate surface area is 320 Å². The second kappa shape index (κ2) is 25.5. The molecule has 0 fully saturated rings. The molecule has 0 aliphatic carbocycles. The molecule has 6 nitrogen and oxygen atoms in total. The van der Waals surface area contributed by atoms with Gasteiger partial charge >= 0.3 is 80.8 Å². The first-order valence-electron chi connectivity index (χ1n) is 15.3. The standard InChI is InChI=1S/3C11H22O2.2Sm/c3*1-6-8(2)9(12)7-10(13)11(3,4)5;;/h3*8-10H,6-7H2,1-5H3;;/q3*-2;2*+3. The first-order valence-corrected chi connectivity index (χ1v) is 15.3. The zero-order valence-electron chi connectivity index (χ0n) is 29.2. The van der Waals surface area contributed by atoms with E-state index in [1.54, 1.807) is 0 Å². The molecule has 9 unspecified atom stereocenters. The van der Waals surface area contributed by atoms with Gasteiger partial charge in [-0.15, -0.1) is 36.6 Å². The summed E-state index contributed by atoms with van der Waals surface area (Å²) in [6.45, 7) is 28.8. The Morgan fingerprint density at radius 1 is 0.390 bits per heavy atom. The maximum atomic E-state index is 11.6. The fourth-order valence-electron chi connectivity index (χ4n) is 3.18. The number of hydrogen-bond acceptors (Lipinski definition) is 6. The molecule has 0 spiro atoms. The van der Waals surface area contributed by atoms with Gasteiger partial charge in [0, 0.05) is 0 Å². The van der Waals surface area contributed by atoms with E-state index in [9.17, 15) is 30.6 Å². The van der Waals surface area contributed by atoms with Gasteiger partial charge in [-0.3, -0.25) is 0 Å². The molecule has 8 heteroatoms. The van der Waals surface area contributed by atoms with Crippen LogP contribution in [0.15, 0.2) is 0 Å². The Bertz CT molecular complexity index is 505. The minimum absolute atomic E-state index is 0. The monoisotopic (exact) mass is 862 g/mol.